The molecule has 1 atom stereocenters. The van der Waals surface area contributed by atoms with E-state index in [9.17, 15) is 4.79 Å². The first-order valence-corrected chi connectivity index (χ1v) is 6.03. The Labute approximate surface area is 111 Å². The number of anilines is 2. The monoisotopic (exact) mass is 256 g/mol. The Kier molecular flexibility index (Phi) is 3.71. The van der Waals surface area contributed by atoms with Crippen molar-refractivity contribution in [2.75, 3.05) is 11.1 Å². The third kappa shape index (κ3) is 2.85. The van der Waals surface area contributed by atoms with Gasteiger partial charge in [0.15, 0.2) is 0 Å². The Hall–Kier alpha value is -2.49. The number of carboxylic acid groups (broad SMARTS) is 1. The average Bonchev–Trinajstić information content (AvgIpc) is 2.41. The molecule has 0 aliphatic rings. The molecule has 4 nitrogen and oxygen atoms in total. The SMILES string of the molecule is CC(Nc1cccc(C(=O)O)c1N)c1ccccc1. The predicted molar refractivity (Wildman–Crippen MR) is 76.3 cm³/mol. The minimum absolute atomic E-state index is 0.0487. The molecule has 2 rings (SSSR count). The lowest BCUT2D eigenvalue weighted by Gasteiger charge is -2.18. The van der Waals surface area contributed by atoms with Crippen molar-refractivity contribution < 1.29 is 9.90 Å². The fourth-order valence-electron chi connectivity index (χ4n) is 1.94. The van der Waals surface area contributed by atoms with Gasteiger partial charge in [-0.15, -0.1) is 0 Å². The lowest BCUT2D eigenvalue weighted by atomic mass is 10.1. The number of hydrogen-bond donors (Lipinski definition) is 3. The Balaban J connectivity index is 2.25. The van der Waals surface area contributed by atoms with Crippen LogP contribution in [0.2, 0.25) is 0 Å². The minimum Gasteiger partial charge on any atom is -0.478 e. The summed E-state index contributed by atoms with van der Waals surface area (Å²) in [6.07, 6.45) is 0. The summed E-state index contributed by atoms with van der Waals surface area (Å²) in [6, 6.07) is 14.9. The number of nitrogens with two attached hydrogens (primary N) is 1. The first kappa shape index (κ1) is 13.0. The molecule has 98 valence electrons. The summed E-state index contributed by atoms with van der Waals surface area (Å²) in [6.45, 7) is 2.00. The molecule has 4 heteroatoms. The fraction of sp³-hybridized carbons (Fsp3) is 0.133. The normalized spacial score (nSPS) is 11.8. The van der Waals surface area contributed by atoms with Crippen LogP contribution in [0.3, 0.4) is 0 Å². The summed E-state index contributed by atoms with van der Waals surface area (Å²) in [7, 11) is 0. The van der Waals surface area contributed by atoms with Gasteiger partial charge in [-0.1, -0.05) is 36.4 Å². The number of carbonyl (C=O) groups is 1. The van der Waals surface area contributed by atoms with Crippen molar-refractivity contribution in [2.24, 2.45) is 0 Å². The number of aromatic carboxylic acids is 1. The molecule has 0 aliphatic heterocycles. The number of nitrogens with one attached hydrogen (secondary N) is 1. The van der Waals surface area contributed by atoms with Crippen LogP contribution in [0.4, 0.5) is 11.4 Å². The molecule has 0 amide bonds. The van der Waals surface area contributed by atoms with Gasteiger partial charge in [0, 0.05) is 6.04 Å². The first-order valence-electron chi connectivity index (χ1n) is 6.03. The number of benzene rings is 2. The number of para-hydroxylation sites is 1. The largest absolute Gasteiger partial charge is 0.478 e. The van der Waals surface area contributed by atoms with E-state index in [1.807, 2.05) is 37.3 Å². The van der Waals surface area contributed by atoms with Crippen molar-refractivity contribution in [3.8, 4) is 0 Å². The molecule has 0 radical (unpaired) electrons. The third-order valence-corrected chi connectivity index (χ3v) is 3.01. The van der Waals surface area contributed by atoms with Gasteiger partial charge >= 0.3 is 5.97 Å². The van der Waals surface area contributed by atoms with Crippen molar-refractivity contribution in [3.05, 3.63) is 59.7 Å². The van der Waals surface area contributed by atoms with Gasteiger partial charge in [0.05, 0.1) is 16.9 Å². The standard InChI is InChI=1S/C15H16N2O2/c1-10(11-6-3-2-4-7-11)17-13-9-5-8-12(14(13)16)15(18)19/h2-10,17H,16H2,1H3,(H,18,19). The van der Waals surface area contributed by atoms with E-state index < -0.39 is 5.97 Å². The first-order chi connectivity index (χ1) is 9.09. The van der Waals surface area contributed by atoms with Crippen LogP contribution in [-0.2, 0) is 0 Å². The Morgan fingerprint density at radius 3 is 2.47 bits per heavy atom. The maximum Gasteiger partial charge on any atom is 0.337 e. The maximum atomic E-state index is 11.0. The molecule has 1 unspecified atom stereocenters. The molecule has 0 heterocycles. The highest BCUT2D eigenvalue weighted by Gasteiger charge is 2.12. The van der Waals surface area contributed by atoms with Crippen LogP contribution in [0.25, 0.3) is 0 Å². The number of hydrogen-bond acceptors (Lipinski definition) is 3. The number of rotatable bonds is 4. The molecule has 0 bridgehead atoms. The molecule has 2 aromatic rings. The van der Waals surface area contributed by atoms with Gasteiger partial charge < -0.3 is 16.2 Å². The molecule has 0 saturated heterocycles. The van der Waals surface area contributed by atoms with Crippen LogP contribution in [0.15, 0.2) is 48.5 Å². The Bertz CT molecular complexity index is 582. The van der Waals surface area contributed by atoms with Gasteiger partial charge in [0.25, 0.3) is 0 Å². The zero-order valence-electron chi connectivity index (χ0n) is 10.6. The van der Waals surface area contributed by atoms with Gasteiger partial charge in [0.2, 0.25) is 0 Å². The molecule has 0 fully saturated rings. The van der Waals surface area contributed by atoms with Crippen LogP contribution in [-0.4, -0.2) is 11.1 Å². The van der Waals surface area contributed by atoms with Crippen LogP contribution < -0.4 is 11.1 Å². The van der Waals surface area contributed by atoms with Crippen molar-refractivity contribution >= 4 is 17.3 Å². The average molecular weight is 256 g/mol. The zero-order valence-corrected chi connectivity index (χ0v) is 10.6. The van der Waals surface area contributed by atoms with Crippen LogP contribution in [0, 0.1) is 0 Å². The topological polar surface area (TPSA) is 75.3 Å². The van der Waals surface area contributed by atoms with E-state index in [1.165, 1.54) is 6.07 Å². The summed E-state index contributed by atoms with van der Waals surface area (Å²) in [5, 5.41) is 12.3. The van der Waals surface area contributed by atoms with E-state index in [-0.39, 0.29) is 17.3 Å². The van der Waals surface area contributed by atoms with Gasteiger partial charge in [-0.05, 0) is 24.6 Å². The minimum atomic E-state index is -1.02. The summed E-state index contributed by atoms with van der Waals surface area (Å²) in [5.41, 5.74) is 7.99. The molecule has 4 N–H and O–H groups in total. The highest BCUT2D eigenvalue weighted by Crippen LogP contribution is 2.26. The molecule has 2 aromatic carbocycles. The van der Waals surface area contributed by atoms with E-state index in [2.05, 4.69) is 5.32 Å². The fourth-order valence-corrected chi connectivity index (χ4v) is 1.94. The number of carboxylic acids is 1. The van der Waals surface area contributed by atoms with Gasteiger partial charge in [-0.25, -0.2) is 4.79 Å². The Morgan fingerprint density at radius 2 is 1.84 bits per heavy atom. The Morgan fingerprint density at radius 1 is 1.16 bits per heavy atom. The molecule has 0 aromatic heterocycles. The van der Waals surface area contributed by atoms with Crippen molar-refractivity contribution in [3.63, 3.8) is 0 Å². The van der Waals surface area contributed by atoms with Gasteiger partial charge in [0.1, 0.15) is 0 Å². The summed E-state index contributed by atoms with van der Waals surface area (Å²) < 4.78 is 0. The molecular formula is C15H16N2O2. The molecular weight excluding hydrogens is 240 g/mol. The van der Waals surface area contributed by atoms with Gasteiger partial charge in [-0.3, -0.25) is 0 Å². The van der Waals surface area contributed by atoms with E-state index in [0.29, 0.717) is 5.69 Å². The van der Waals surface area contributed by atoms with Gasteiger partial charge in [-0.2, -0.15) is 0 Å². The smallest absolute Gasteiger partial charge is 0.337 e. The predicted octanol–water partition coefficient (Wildman–Crippen LogP) is 3.14. The van der Waals surface area contributed by atoms with Crippen molar-refractivity contribution in [1.29, 1.82) is 0 Å². The quantitative estimate of drug-likeness (QED) is 0.734. The maximum absolute atomic E-state index is 11.0. The van der Waals surface area contributed by atoms with E-state index >= 15 is 0 Å². The van der Waals surface area contributed by atoms with Crippen molar-refractivity contribution in [1.82, 2.24) is 0 Å². The second-order valence-corrected chi connectivity index (χ2v) is 4.35. The van der Waals surface area contributed by atoms with E-state index in [1.54, 1.807) is 12.1 Å². The van der Waals surface area contributed by atoms with E-state index in [4.69, 9.17) is 10.8 Å². The zero-order chi connectivity index (χ0) is 13.8. The second-order valence-electron chi connectivity index (χ2n) is 4.35. The molecule has 0 aliphatic carbocycles. The molecule has 0 spiro atoms. The third-order valence-electron chi connectivity index (χ3n) is 3.01. The summed E-state index contributed by atoms with van der Waals surface area (Å²) >= 11 is 0. The highest BCUT2D eigenvalue weighted by molar-refractivity contribution is 5.97. The lowest BCUT2D eigenvalue weighted by Crippen LogP contribution is -2.11. The summed E-state index contributed by atoms with van der Waals surface area (Å²) in [5.74, 6) is -1.02. The molecule has 19 heavy (non-hydrogen) atoms. The number of nitrogen functional groups attached to an aromatic ring is 1. The van der Waals surface area contributed by atoms with Crippen LogP contribution in [0.1, 0.15) is 28.9 Å². The van der Waals surface area contributed by atoms with Crippen molar-refractivity contribution in [2.45, 2.75) is 13.0 Å². The van der Waals surface area contributed by atoms with E-state index in [0.717, 1.165) is 5.56 Å². The summed E-state index contributed by atoms with van der Waals surface area (Å²) in [4.78, 5) is 11.0. The van der Waals surface area contributed by atoms with Crippen LogP contribution >= 0.6 is 0 Å². The highest BCUT2D eigenvalue weighted by atomic mass is 16.4. The van der Waals surface area contributed by atoms with Crippen LogP contribution in [0.5, 0.6) is 0 Å². The lowest BCUT2D eigenvalue weighted by molar-refractivity contribution is 0.0698. The second kappa shape index (κ2) is 5.44. The molecule has 0 saturated carbocycles.